The number of benzene rings is 1. The Bertz CT molecular complexity index is 1070. The molecule has 0 aliphatic carbocycles. The number of hydrogen-bond donors (Lipinski definition) is 2. The van der Waals surface area contributed by atoms with Gasteiger partial charge in [-0.1, -0.05) is 11.6 Å². The molecule has 0 radical (unpaired) electrons. The van der Waals surface area contributed by atoms with Gasteiger partial charge in [-0.05, 0) is 42.8 Å². The molecule has 0 amide bonds. The molecule has 6 nitrogen and oxygen atoms in total. The van der Waals surface area contributed by atoms with Crippen molar-refractivity contribution in [2.24, 2.45) is 0 Å². The Kier molecular flexibility index (Phi) is 5.14. The molecule has 3 aromatic rings. The molecule has 2 heterocycles. The average molecular weight is 399 g/mol. The van der Waals surface area contributed by atoms with Gasteiger partial charge in [-0.15, -0.1) is 11.3 Å². The van der Waals surface area contributed by atoms with Gasteiger partial charge in [0.15, 0.2) is 0 Å². The minimum absolute atomic E-state index is 0.108. The molecule has 0 aliphatic heterocycles. The molecule has 0 saturated carbocycles. The van der Waals surface area contributed by atoms with E-state index in [1.165, 1.54) is 12.1 Å². The lowest BCUT2D eigenvalue weighted by molar-refractivity contribution is 0.415. The van der Waals surface area contributed by atoms with Crippen molar-refractivity contribution >= 4 is 43.9 Å². The number of rotatable bonds is 6. The zero-order valence-corrected chi connectivity index (χ0v) is 15.6. The van der Waals surface area contributed by atoms with Gasteiger partial charge < -0.3 is 9.72 Å². The monoisotopic (exact) mass is 398 g/mol. The molecule has 132 valence electrons. The number of halogens is 1. The van der Waals surface area contributed by atoms with E-state index < -0.39 is 10.0 Å². The molecule has 2 N–H and O–H groups in total. The maximum absolute atomic E-state index is 12.2. The smallest absolute Gasteiger partial charge is 0.251 e. The Morgan fingerprint density at radius 1 is 1.24 bits per heavy atom. The van der Waals surface area contributed by atoms with Crippen LogP contribution in [0.2, 0.25) is 4.34 Å². The molecule has 0 unspecified atom stereocenters. The van der Waals surface area contributed by atoms with Gasteiger partial charge in [0.1, 0.15) is 9.96 Å². The SMILES string of the molecule is COc1ccc2[nH]c(=O)c(CCNS(=O)(=O)c3ccc(Cl)s3)cc2c1. The summed E-state index contributed by atoms with van der Waals surface area (Å²) in [5, 5.41) is 0.821. The average Bonchev–Trinajstić information content (AvgIpc) is 3.02. The molecule has 0 spiro atoms. The van der Waals surface area contributed by atoms with Crippen molar-refractivity contribution in [1.29, 1.82) is 0 Å². The predicted octanol–water partition coefficient (Wildman–Crippen LogP) is 2.77. The minimum atomic E-state index is -3.62. The summed E-state index contributed by atoms with van der Waals surface area (Å²) in [7, 11) is -2.05. The van der Waals surface area contributed by atoms with Gasteiger partial charge in [0.25, 0.3) is 5.56 Å². The van der Waals surface area contributed by atoms with E-state index in [1.807, 2.05) is 6.07 Å². The van der Waals surface area contributed by atoms with E-state index in [1.54, 1.807) is 25.3 Å². The molecule has 0 fully saturated rings. The summed E-state index contributed by atoms with van der Waals surface area (Å²) in [5.74, 6) is 0.681. The lowest BCUT2D eigenvalue weighted by Crippen LogP contribution is -2.27. The Balaban J connectivity index is 1.76. The van der Waals surface area contributed by atoms with Crippen LogP contribution in [-0.4, -0.2) is 27.1 Å². The Labute approximate surface area is 153 Å². The van der Waals surface area contributed by atoms with Crippen LogP contribution in [0.4, 0.5) is 0 Å². The Hall–Kier alpha value is -1.87. The first-order chi connectivity index (χ1) is 11.9. The van der Waals surface area contributed by atoms with E-state index in [0.29, 0.717) is 21.2 Å². The number of methoxy groups -OCH3 is 1. The zero-order chi connectivity index (χ0) is 18.0. The number of aromatic amines is 1. The minimum Gasteiger partial charge on any atom is -0.497 e. The number of ether oxygens (including phenoxy) is 1. The van der Waals surface area contributed by atoms with Crippen molar-refractivity contribution in [3.8, 4) is 5.75 Å². The number of fused-ring (bicyclic) bond motifs is 1. The van der Waals surface area contributed by atoms with Crippen LogP contribution in [0.1, 0.15) is 5.56 Å². The summed E-state index contributed by atoms with van der Waals surface area (Å²) in [6.45, 7) is 0.108. The molecule has 0 atom stereocenters. The topological polar surface area (TPSA) is 88.3 Å². The normalized spacial score (nSPS) is 11.8. The van der Waals surface area contributed by atoms with Crippen LogP contribution in [0.5, 0.6) is 5.75 Å². The zero-order valence-electron chi connectivity index (χ0n) is 13.2. The first-order valence-corrected chi connectivity index (χ1v) is 10.0. The van der Waals surface area contributed by atoms with Gasteiger partial charge in [0.05, 0.1) is 11.4 Å². The predicted molar refractivity (Wildman–Crippen MR) is 99.3 cm³/mol. The number of thiophene rings is 1. The fourth-order valence-electron chi connectivity index (χ4n) is 2.38. The molecule has 0 aliphatic rings. The second-order valence-electron chi connectivity index (χ2n) is 5.28. The van der Waals surface area contributed by atoms with E-state index in [4.69, 9.17) is 16.3 Å². The maximum Gasteiger partial charge on any atom is 0.251 e. The van der Waals surface area contributed by atoms with Gasteiger partial charge in [-0.25, -0.2) is 13.1 Å². The molecule has 0 saturated heterocycles. The third kappa shape index (κ3) is 4.04. The Morgan fingerprint density at radius 2 is 2.04 bits per heavy atom. The van der Waals surface area contributed by atoms with Gasteiger partial charge in [-0.3, -0.25) is 4.79 Å². The molecular formula is C16H15ClN2O4S2. The van der Waals surface area contributed by atoms with E-state index in [9.17, 15) is 13.2 Å². The third-order valence-corrected chi connectivity index (χ3v) is 6.81. The van der Waals surface area contributed by atoms with Crippen LogP contribution in [0, 0.1) is 0 Å². The van der Waals surface area contributed by atoms with Crippen molar-refractivity contribution in [2.75, 3.05) is 13.7 Å². The highest BCUT2D eigenvalue weighted by molar-refractivity contribution is 7.91. The van der Waals surface area contributed by atoms with Crippen LogP contribution in [0.15, 0.2) is 45.4 Å². The summed E-state index contributed by atoms with van der Waals surface area (Å²) < 4.78 is 32.5. The van der Waals surface area contributed by atoms with Crippen LogP contribution in [-0.2, 0) is 16.4 Å². The second-order valence-corrected chi connectivity index (χ2v) is 8.99. The van der Waals surface area contributed by atoms with E-state index >= 15 is 0 Å². The summed E-state index contributed by atoms with van der Waals surface area (Å²) in [6, 6.07) is 10.1. The molecule has 3 rings (SSSR count). The summed E-state index contributed by atoms with van der Waals surface area (Å²) in [4.78, 5) is 14.9. The van der Waals surface area contributed by atoms with Crippen molar-refractivity contribution in [3.05, 3.63) is 56.7 Å². The van der Waals surface area contributed by atoms with Crippen molar-refractivity contribution in [2.45, 2.75) is 10.6 Å². The second kappa shape index (κ2) is 7.17. The van der Waals surface area contributed by atoms with E-state index in [0.717, 1.165) is 16.7 Å². The largest absolute Gasteiger partial charge is 0.497 e. The van der Waals surface area contributed by atoms with Gasteiger partial charge in [-0.2, -0.15) is 0 Å². The summed E-state index contributed by atoms with van der Waals surface area (Å²) in [5.41, 5.74) is 0.951. The Morgan fingerprint density at radius 3 is 2.72 bits per heavy atom. The maximum atomic E-state index is 12.2. The van der Waals surface area contributed by atoms with Gasteiger partial charge in [0.2, 0.25) is 10.0 Å². The highest BCUT2D eigenvalue weighted by Gasteiger charge is 2.16. The number of pyridine rings is 1. The lowest BCUT2D eigenvalue weighted by Gasteiger charge is -2.07. The van der Waals surface area contributed by atoms with Crippen molar-refractivity contribution in [1.82, 2.24) is 9.71 Å². The van der Waals surface area contributed by atoms with Gasteiger partial charge in [0, 0.05) is 23.0 Å². The molecular weight excluding hydrogens is 384 g/mol. The summed E-state index contributed by atoms with van der Waals surface area (Å²) >= 11 is 6.75. The number of sulfonamides is 1. The van der Waals surface area contributed by atoms with Crippen LogP contribution >= 0.6 is 22.9 Å². The standard InChI is InChI=1S/C16H15ClN2O4S2/c1-23-12-2-3-13-11(9-12)8-10(16(20)19-13)6-7-18-25(21,22)15-5-4-14(17)24-15/h2-5,8-9,18H,6-7H2,1H3,(H,19,20). The lowest BCUT2D eigenvalue weighted by atomic mass is 10.1. The van der Waals surface area contributed by atoms with E-state index in [2.05, 4.69) is 9.71 Å². The van der Waals surface area contributed by atoms with Gasteiger partial charge >= 0.3 is 0 Å². The quantitative estimate of drug-likeness (QED) is 0.668. The summed E-state index contributed by atoms with van der Waals surface area (Å²) in [6.07, 6.45) is 0.265. The number of hydrogen-bond acceptors (Lipinski definition) is 5. The molecule has 0 bridgehead atoms. The fourth-order valence-corrected chi connectivity index (χ4v) is 4.94. The van der Waals surface area contributed by atoms with Crippen molar-refractivity contribution in [3.63, 3.8) is 0 Å². The van der Waals surface area contributed by atoms with Crippen LogP contribution in [0.3, 0.4) is 0 Å². The molecule has 25 heavy (non-hydrogen) atoms. The van der Waals surface area contributed by atoms with Crippen LogP contribution < -0.4 is 15.0 Å². The van der Waals surface area contributed by atoms with Crippen LogP contribution in [0.25, 0.3) is 10.9 Å². The highest BCUT2D eigenvalue weighted by Crippen LogP contribution is 2.25. The first-order valence-electron chi connectivity index (χ1n) is 7.34. The third-order valence-electron chi connectivity index (χ3n) is 3.63. The van der Waals surface area contributed by atoms with E-state index in [-0.39, 0.29) is 22.7 Å². The molecule has 2 aromatic heterocycles. The number of nitrogens with one attached hydrogen (secondary N) is 2. The first kappa shape index (κ1) is 17.9. The molecule has 9 heteroatoms. The highest BCUT2D eigenvalue weighted by atomic mass is 35.5. The fraction of sp³-hybridized carbons (Fsp3) is 0.188. The number of H-pyrrole nitrogens is 1. The number of aromatic nitrogens is 1. The molecule has 1 aromatic carbocycles. The van der Waals surface area contributed by atoms with Crippen molar-refractivity contribution < 1.29 is 13.2 Å².